The topological polar surface area (TPSA) is 78.5 Å². The van der Waals surface area contributed by atoms with Crippen LogP contribution in [0.15, 0.2) is 42.5 Å². The number of aromatic carboxylic acids is 1. The number of carboxylic acid groups (broad SMARTS) is 1. The van der Waals surface area contributed by atoms with Crippen LogP contribution < -0.4 is 15.2 Å². The molecule has 0 bridgehead atoms. The summed E-state index contributed by atoms with van der Waals surface area (Å²) in [5, 5.41) is 13.5. The highest BCUT2D eigenvalue weighted by Gasteiger charge is 2.05. The maximum absolute atomic E-state index is 12.0. The van der Waals surface area contributed by atoms with Crippen molar-refractivity contribution in [3.8, 4) is 5.75 Å². The predicted molar refractivity (Wildman–Crippen MR) is 90.1 cm³/mol. The SMILES string of the molecule is COc1ccc(CCCC(=O)Nc2cccc(C(=O)[O-])c2)cc1C. The average Bonchev–Trinajstić information content (AvgIpc) is 2.55. The second kappa shape index (κ2) is 8.15. The normalized spacial score (nSPS) is 10.2. The minimum absolute atomic E-state index is 0.0431. The van der Waals surface area contributed by atoms with Gasteiger partial charge in [-0.3, -0.25) is 4.79 Å². The van der Waals surface area contributed by atoms with Gasteiger partial charge in [-0.2, -0.15) is 0 Å². The summed E-state index contributed by atoms with van der Waals surface area (Å²) in [6.45, 7) is 1.99. The van der Waals surface area contributed by atoms with E-state index in [1.807, 2.05) is 19.1 Å². The Morgan fingerprint density at radius 1 is 1.17 bits per heavy atom. The minimum Gasteiger partial charge on any atom is -0.545 e. The molecule has 0 aliphatic carbocycles. The van der Waals surface area contributed by atoms with Crippen LogP contribution in [0.3, 0.4) is 0 Å². The molecule has 0 saturated carbocycles. The van der Waals surface area contributed by atoms with Crippen molar-refractivity contribution >= 4 is 17.6 Å². The van der Waals surface area contributed by atoms with Crippen molar-refractivity contribution in [2.45, 2.75) is 26.2 Å². The number of amides is 1. The van der Waals surface area contributed by atoms with Crippen molar-refractivity contribution in [2.24, 2.45) is 0 Å². The molecule has 0 aromatic heterocycles. The lowest BCUT2D eigenvalue weighted by molar-refractivity contribution is -0.255. The molecule has 2 rings (SSSR count). The molecule has 1 amide bonds. The predicted octanol–water partition coefficient (Wildman–Crippen LogP) is 2.33. The van der Waals surface area contributed by atoms with Gasteiger partial charge >= 0.3 is 0 Å². The summed E-state index contributed by atoms with van der Waals surface area (Å²) in [4.78, 5) is 22.8. The highest BCUT2D eigenvalue weighted by atomic mass is 16.5. The molecule has 2 aromatic rings. The standard InChI is InChI=1S/C19H21NO4/c1-13-11-14(9-10-17(13)24-2)5-3-8-18(21)20-16-7-4-6-15(12-16)19(22)23/h4,6-7,9-12H,3,5,8H2,1-2H3,(H,20,21)(H,22,23)/p-1. The Morgan fingerprint density at radius 2 is 1.96 bits per heavy atom. The Hall–Kier alpha value is -2.82. The van der Waals surface area contributed by atoms with Crippen LogP contribution >= 0.6 is 0 Å². The van der Waals surface area contributed by atoms with Crippen molar-refractivity contribution in [2.75, 3.05) is 12.4 Å². The first-order valence-electron chi connectivity index (χ1n) is 7.74. The molecule has 5 nitrogen and oxygen atoms in total. The van der Waals surface area contributed by atoms with Crippen LogP contribution in [0.1, 0.15) is 34.3 Å². The van der Waals surface area contributed by atoms with E-state index in [4.69, 9.17) is 4.74 Å². The highest BCUT2D eigenvalue weighted by Crippen LogP contribution is 2.19. The lowest BCUT2D eigenvalue weighted by atomic mass is 10.0. The summed E-state index contributed by atoms with van der Waals surface area (Å²) in [6.07, 6.45) is 1.86. The molecule has 0 saturated heterocycles. The summed E-state index contributed by atoms with van der Waals surface area (Å²) < 4.78 is 5.23. The van der Waals surface area contributed by atoms with Gasteiger partial charge in [-0.25, -0.2) is 0 Å². The summed E-state index contributed by atoms with van der Waals surface area (Å²) in [5.41, 5.74) is 2.72. The van der Waals surface area contributed by atoms with Crippen molar-refractivity contribution in [1.82, 2.24) is 0 Å². The number of carbonyl (C=O) groups excluding carboxylic acids is 2. The van der Waals surface area contributed by atoms with E-state index in [9.17, 15) is 14.7 Å². The summed E-state index contributed by atoms with van der Waals surface area (Å²) >= 11 is 0. The number of ether oxygens (including phenoxy) is 1. The molecule has 1 N–H and O–H groups in total. The summed E-state index contributed by atoms with van der Waals surface area (Å²) in [6, 6.07) is 12.0. The van der Waals surface area contributed by atoms with Gasteiger partial charge in [0.05, 0.1) is 13.1 Å². The van der Waals surface area contributed by atoms with E-state index in [1.165, 1.54) is 12.1 Å². The molecule has 0 aliphatic rings. The van der Waals surface area contributed by atoms with E-state index in [0.717, 1.165) is 23.3 Å². The molecule has 0 radical (unpaired) electrons. The van der Waals surface area contributed by atoms with E-state index in [0.29, 0.717) is 18.5 Å². The molecular weight excluding hydrogens is 306 g/mol. The van der Waals surface area contributed by atoms with Crippen LogP contribution in [0.4, 0.5) is 5.69 Å². The van der Waals surface area contributed by atoms with Crippen molar-refractivity contribution in [3.05, 3.63) is 59.2 Å². The zero-order valence-electron chi connectivity index (χ0n) is 13.8. The zero-order valence-corrected chi connectivity index (χ0v) is 13.8. The molecule has 0 fully saturated rings. The maximum Gasteiger partial charge on any atom is 0.224 e. The van der Waals surface area contributed by atoms with Gasteiger partial charge in [-0.1, -0.05) is 24.3 Å². The number of carboxylic acids is 1. The van der Waals surface area contributed by atoms with Crippen LogP contribution in [0, 0.1) is 6.92 Å². The molecule has 0 spiro atoms. The lowest BCUT2D eigenvalue weighted by Gasteiger charge is -2.09. The molecule has 126 valence electrons. The lowest BCUT2D eigenvalue weighted by Crippen LogP contribution is -2.22. The zero-order chi connectivity index (χ0) is 17.5. The fourth-order valence-corrected chi connectivity index (χ4v) is 2.50. The number of aryl methyl sites for hydroxylation is 2. The molecule has 24 heavy (non-hydrogen) atoms. The molecule has 0 unspecified atom stereocenters. The second-order valence-corrected chi connectivity index (χ2v) is 5.57. The Morgan fingerprint density at radius 3 is 2.62 bits per heavy atom. The third kappa shape index (κ3) is 4.84. The van der Waals surface area contributed by atoms with Crippen LogP contribution in [-0.4, -0.2) is 19.0 Å². The van der Waals surface area contributed by atoms with Gasteiger partial charge in [0.1, 0.15) is 5.75 Å². The van der Waals surface area contributed by atoms with Crippen LogP contribution in [0.5, 0.6) is 5.75 Å². The first-order chi connectivity index (χ1) is 11.5. The Labute approximate surface area is 141 Å². The van der Waals surface area contributed by atoms with Gasteiger partial charge < -0.3 is 20.0 Å². The summed E-state index contributed by atoms with van der Waals surface area (Å²) in [5.74, 6) is -0.555. The van der Waals surface area contributed by atoms with Crippen molar-refractivity contribution < 1.29 is 19.4 Å². The van der Waals surface area contributed by atoms with Gasteiger partial charge in [-0.05, 0) is 54.7 Å². The number of methoxy groups -OCH3 is 1. The third-order valence-corrected chi connectivity index (χ3v) is 3.71. The molecule has 5 heteroatoms. The molecule has 0 aliphatic heterocycles. The van der Waals surface area contributed by atoms with Gasteiger partial charge in [0.15, 0.2) is 0 Å². The smallest absolute Gasteiger partial charge is 0.224 e. The Bertz CT molecular complexity index is 740. The third-order valence-electron chi connectivity index (χ3n) is 3.71. The van der Waals surface area contributed by atoms with E-state index in [-0.39, 0.29) is 11.5 Å². The summed E-state index contributed by atoms with van der Waals surface area (Å²) in [7, 11) is 1.64. The van der Waals surface area contributed by atoms with Gasteiger partial charge in [0.25, 0.3) is 0 Å². The average molecular weight is 326 g/mol. The van der Waals surface area contributed by atoms with Crippen molar-refractivity contribution in [3.63, 3.8) is 0 Å². The van der Waals surface area contributed by atoms with E-state index >= 15 is 0 Å². The van der Waals surface area contributed by atoms with Crippen molar-refractivity contribution in [1.29, 1.82) is 0 Å². The largest absolute Gasteiger partial charge is 0.545 e. The molecule has 0 heterocycles. The second-order valence-electron chi connectivity index (χ2n) is 5.57. The fraction of sp³-hybridized carbons (Fsp3) is 0.263. The first-order valence-corrected chi connectivity index (χ1v) is 7.74. The van der Waals surface area contributed by atoms with E-state index < -0.39 is 5.97 Å². The Balaban J connectivity index is 1.84. The molecule has 2 aromatic carbocycles. The van der Waals surface area contributed by atoms with Gasteiger partial charge in [0.2, 0.25) is 5.91 Å². The van der Waals surface area contributed by atoms with Crippen LogP contribution in [0.2, 0.25) is 0 Å². The number of hydrogen-bond donors (Lipinski definition) is 1. The number of benzene rings is 2. The number of hydrogen-bond acceptors (Lipinski definition) is 4. The number of nitrogens with one attached hydrogen (secondary N) is 1. The molecular formula is C19H20NO4-. The van der Waals surface area contributed by atoms with Crippen LogP contribution in [0.25, 0.3) is 0 Å². The highest BCUT2D eigenvalue weighted by molar-refractivity contribution is 5.93. The first kappa shape index (κ1) is 17.5. The minimum atomic E-state index is -1.26. The van der Waals surface area contributed by atoms with Gasteiger partial charge in [-0.15, -0.1) is 0 Å². The molecule has 0 atom stereocenters. The maximum atomic E-state index is 12.0. The van der Waals surface area contributed by atoms with E-state index in [1.54, 1.807) is 19.2 Å². The van der Waals surface area contributed by atoms with Gasteiger partial charge in [0, 0.05) is 12.1 Å². The fourth-order valence-electron chi connectivity index (χ4n) is 2.50. The Kier molecular flexibility index (Phi) is 5.95. The number of rotatable bonds is 7. The van der Waals surface area contributed by atoms with E-state index in [2.05, 4.69) is 11.4 Å². The number of carbonyl (C=O) groups is 2. The number of anilines is 1. The van der Waals surface area contributed by atoms with Crippen LogP contribution in [-0.2, 0) is 11.2 Å². The quantitative estimate of drug-likeness (QED) is 0.847. The monoisotopic (exact) mass is 326 g/mol.